The quantitative estimate of drug-likeness (QED) is 0.886. The highest BCUT2D eigenvalue weighted by molar-refractivity contribution is 5.37. The van der Waals surface area contributed by atoms with E-state index in [9.17, 15) is 4.39 Å². The number of hydrogen-bond acceptors (Lipinski definition) is 3. The van der Waals surface area contributed by atoms with E-state index in [2.05, 4.69) is 17.1 Å². The Morgan fingerprint density at radius 2 is 2.32 bits per heavy atom. The minimum atomic E-state index is -0.179. The van der Waals surface area contributed by atoms with Crippen molar-refractivity contribution in [2.24, 2.45) is 0 Å². The lowest BCUT2D eigenvalue weighted by Gasteiger charge is -2.31. The van der Waals surface area contributed by atoms with Crippen LogP contribution in [0.4, 0.5) is 4.39 Å². The molecular weight excluding hydrogens is 243 g/mol. The molecule has 4 heteroatoms. The van der Waals surface area contributed by atoms with E-state index >= 15 is 0 Å². The lowest BCUT2D eigenvalue weighted by Crippen LogP contribution is -2.38. The van der Waals surface area contributed by atoms with Crippen molar-refractivity contribution in [1.29, 1.82) is 0 Å². The van der Waals surface area contributed by atoms with Gasteiger partial charge in [-0.15, -0.1) is 0 Å². The second-order valence-corrected chi connectivity index (χ2v) is 5.12. The van der Waals surface area contributed by atoms with Crippen LogP contribution in [0.3, 0.4) is 0 Å². The van der Waals surface area contributed by atoms with E-state index in [0.29, 0.717) is 17.4 Å². The molecule has 2 atom stereocenters. The molecule has 0 spiro atoms. The monoisotopic (exact) mass is 266 g/mol. The molecule has 0 amide bonds. The molecule has 1 aliphatic heterocycles. The maximum absolute atomic E-state index is 14.1. The predicted octanol–water partition coefficient (Wildman–Crippen LogP) is 2.58. The lowest BCUT2D eigenvalue weighted by molar-refractivity contribution is 0.184. The molecule has 1 aromatic carbocycles. The van der Waals surface area contributed by atoms with Gasteiger partial charge in [0.05, 0.1) is 7.11 Å². The molecule has 0 bridgehead atoms. The van der Waals surface area contributed by atoms with E-state index in [1.54, 1.807) is 13.2 Å². The first-order valence-corrected chi connectivity index (χ1v) is 6.91. The maximum atomic E-state index is 14.1. The number of methoxy groups -OCH3 is 1. The summed E-state index contributed by atoms with van der Waals surface area (Å²) < 4.78 is 19.5. The summed E-state index contributed by atoms with van der Waals surface area (Å²) >= 11 is 0. The summed E-state index contributed by atoms with van der Waals surface area (Å²) in [5.41, 5.74) is 0.674. The summed E-state index contributed by atoms with van der Waals surface area (Å²) in [6.07, 6.45) is 2.34. The van der Waals surface area contributed by atoms with Crippen molar-refractivity contribution < 1.29 is 9.13 Å². The van der Waals surface area contributed by atoms with Crippen LogP contribution in [0.15, 0.2) is 18.2 Å². The molecule has 1 saturated heterocycles. The standard InChI is InChI=1S/C15H23FN2O/c1-11(18-9-5-6-12(18)10-17-2)15-13(16)7-4-8-14(15)19-3/h4,7-8,11-12,17H,5-6,9-10H2,1-3H3. The SMILES string of the molecule is CNCC1CCCN1C(C)c1c(F)cccc1OC. The zero-order valence-corrected chi connectivity index (χ0v) is 11.9. The number of rotatable bonds is 5. The number of halogens is 1. The van der Waals surface area contributed by atoms with Gasteiger partial charge in [0, 0.05) is 24.2 Å². The number of nitrogens with one attached hydrogen (secondary N) is 1. The molecule has 3 nitrogen and oxygen atoms in total. The summed E-state index contributed by atoms with van der Waals surface area (Å²) in [6, 6.07) is 5.55. The molecular formula is C15H23FN2O. The molecule has 0 aromatic heterocycles. The van der Waals surface area contributed by atoms with Crippen molar-refractivity contribution >= 4 is 0 Å². The highest BCUT2D eigenvalue weighted by Crippen LogP contribution is 2.35. The molecule has 1 aromatic rings. The first-order chi connectivity index (χ1) is 9.19. The van der Waals surface area contributed by atoms with E-state index in [1.165, 1.54) is 18.9 Å². The molecule has 1 heterocycles. The number of likely N-dealkylation sites (N-methyl/N-ethyl adjacent to an activating group) is 1. The van der Waals surface area contributed by atoms with E-state index in [1.807, 2.05) is 13.1 Å². The molecule has 19 heavy (non-hydrogen) atoms. The van der Waals surface area contributed by atoms with Gasteiger partial charge in [-0.2, -0.15) is 0 Å². The molecule has 0 radical (unpaired) electrons. The van der Waals surface area contributed by atoms with Gasteiger partial charge in [0.15, 0.2) is 0 Å². The third-order valence-corrected chi connectivity index (χ3v) is 4.01. The fraction of sp³-hybridized carbons (Fsp3) is 0.600. The van der Waals surface area contributed by atoms with Crippen molar-refractivity contribution in [3.05, 3.63) is 29.6 Å². The van der Waals surface area contributed by atoms with Gasteiger partial charge in [0.1, 0.15) is 11.6 Å². The van der Waals surface area contributed by atoms with Gasteiger partial charge in [-0.1, -0.05) is 6.07 Å². The smallest absolute Gasteiger partial charge is 0.131 e. The van der Waals surface area contributed by atoms with Crippen LogP contribution in [0.25, 0.3) is 0 Å². The number of ether oxygens (including phenoxy) is 1. The van der Waals surface area contributed by atoms with E-state index < -0.39 is 0 Å². The molecule has 2 unspecified atom stereocenters. The first-order valence-electron chi connectivity index (χ1n) is 6.91. The molecule has 1 N–H and O–H groups in total. The van der Waals surface area contributed by atoms with Gasteiger partial charge >= 0.3 is 0 Å². The maximum Gasteiger partial charge on any atom is 0.131 e. The van der Waals surface area contributed by atoms with Gasteiger partial charge in [0.2, 0.25) is 0 Å². The van der Waals surface area contributed by atoms with E-state index in [-0.39, 0.29) is 11.9 Å². The summed E-state index contributed by atoms with van der Waals surface area (Å²) in [5, 5.41) is 3.22. The van der Waals surface area contributed by atoms with E-state index in [4.69, 9.17) is 4.74 Å². The average molecular weight is 266 g/mol. The fourth-order valence-corrected chi connectivity index (χ4v) is 3.09. The van der Waals surface area contributed by atoms with E-state index in [0.717, 1.165) is 13.1 Å². The summed E-state index contributed by atoms with van der Waals surface area (Å²) in [7, 11) is 3.56. The largest absolute Gasteiger partial charge is 0.496 e. The van der Waals surface area contributed by atoms with Gasteiger partial charge in [0.25, 0.3) is 0 Å². The van der Waals surface area contributed by atoms with Gasteiger partial charge < -0.3 is 10.1 Å². The Morgan fingerprint density at radius 1 is 1.53 bits per heavy atom. The Labute approximate surface area is 114 Å². The predicted molar refractivity (Wildman–Crippen MR) is 75.0 cm³/mol. The van der Waals surface area contributed by atoms with Crippen molar-refractivity contribution in [2.45, 2.75) is 31.8 Å². The van der Waals surface area contributed by atoms with Crippen molar-refractivity contribution in [1.82, 2.24) is 10.2 Å². The average Bonchev–Trinajstić information content (AvgIpc) is 2.86. The first kappa shape index (κ1) is 14.3. The third kappa shape index (κ3) is 2.90. The number of hydrogen-bond donors (Lipinski definition) is 1. The Kier molecular flexibility index (Phi) is 4.77. The minimum absolute atomic E-state index is 0.0389. The lowest BCUT2D eigenvalue weighted by atomic mass is 10.0. The third-order valence-electron chi connectivity index (χ3n) is 4.01. The van der Waals surface area contributed by atoms with Gasteiger partial charge in [-0.25, -0.2) is 4.39 Å². The zero-order valence-electron chi connectivity index (χ0n) is 11.9. The molecule has 106 valence electrons. The van der Waals surface area contributed by atoms with Crippen LogP contribution >= 0.6 is 0 Å². The fourth-order valence-electron chi connectivity index (χ4n) is 3.09. The van der Waals surface area contributed by atoms with Crippen LogP contribution in [0, 0.1) is 5.82 Å². The zero-order chi connectivity index (χ0) is 13.8. The van der Waals surface area contributed by atoms with Crippen molar-refractivity contribution in [2.75, 3.05) is 27.2 Å². The van der Waals surface area contributed by atoms with Crippen molar-refractivity contribution in [3.8, 4) is 5.75 Å². The Balaban J connectivity index is 2.26. The van der Waals surface area contributed by atoms with Crippen molar-refractivity contribution in [3.63, 3.8) is 0 Å². The van der Waals surface area contributed by atoms with Gasteiger partial charge in [-0.3, -0.25) is 4.90 Å². The number of nitrogens with zero attached hydrogens (tertiary/aromatic N) is 1. The highest BCUT2D eigenvalue weighted by Gasteiger charge is 2.31. The molecule has 1 aliphatic rings. The van der Waals surface area contributed by atoms with Crippen LogP contribution in [0.2, 0.25) is 0 Å². The summed E-state index contributed by atoms with van der Waals surface area (Å²) in [4.78, 5) is 2.37. The van der Waals surface area contributed by atoms with Crippen LogP contribution in [0.1, 0.15) is 31.4 Å². The second-order valence-electron chi connectivity index (χ2n) is 5.12. The Bertz CT molecular complexity index is 425. The molecule has 1 fully saturated rings. The number of benzene rings is 1. The summed E-state index contributed by atoms with van der Waals surface area (Å²) in [5.74, 6) is 0.463. The Hall–Kier alpha value is -1.13. The number of likely N-dealkylation sites (tertiary alicyclic amines) is 1. The molecule has 0 aliphatic carbocycles. The molecule has 0 saturated carbocycles. The Morgan fingerprint density at radius 3 is 3.00 bits per heavy atom. The minimum Gasteiger partial charge on any atom is -0.496 e. The molecule has 2 rings (SSSR count). The normalized spacial score (nSPS) is 21.6. The summed E-state index contributed by atoms with van der Waals surface area (Å²) in [6.45, 7) is 4.03. The van der Waals surface area contributed by atoms with Crippen LogP contribution in [-0.4, -0.2) is 38.2 Å². The van der Waals surface area contributed by atoms with Crippen LogP contribution in [0.5, 0.6) is 5.75 Å². The van der Waals surface area contributed by atoms with Gasteiger partial charge in [-0.05, 0) is 45.5 Å². The highest BCUT2D eigenvalue weighted by atomic mass is 19.1. The second kappa shape index (κ2) is 6.35. The van der Waals surface area contributed by atoms with Crippen LogP contribution in [-0.2, 0) is 0 Å². The topological polar surface area (TPSA) is 24.5 Å². The van der Waals surface area contributed by atoms with Crippen LogP contribution < -0.4 is 10.1 Å².